The number of sulfonamides is 2. The summed E-state index contributed by atoms with van der Waals surface area (Å²) in [5.74, 6) is 1.90. The van der Waals surface area contributed by atoms with Gasteiger partial charge in [-0.2, -0.15) is 16.1 Å². The maximum Gasteiger partial charge on any atom is 0.252 e. The standard InChI is InChI=1S/C13H23N3O4S4.ClH/c1-3-15-11-9-16(6-5-7-21-4-2)24(19,20)13-10(11)8-12(22-13)23(14,17)18;/h8,11,15H,3-7,9H2,1-2H3,(H2,14,17,18);1H. The van der Waals surface area contributed by atoms with Gasteiger partial charge in [-0.1, -0.05) is 13.8 Å². The lowest BCUT2D eigenvalue weighted by molar-refractivity contribution is 0.345. The molecule has 0 spiro atoms. The van der Waals surface area contributed by atoms with Crippen LogP contribution in [0.15, 0.2) is 14.5 Å². The Balaban J connectivity index is 0.00000312. The molecule has 1 aliphatic heterocycles. The molecule has 3 N–H and O–H groups in total. The Morgan fingerprint density at radius 3 is 2.68 bits per heavy atom. The highest BCUT2D eigenvalue weighted by Gasteiger charge is 2.39. The number of hydrogen-bond acceptors (Lipinski definition) is 7. The minimum absolute atomic E-state index is 0. The Hall–Kier alpha value is 0.120. The fraction of sp³-hybridized carbons (Fsp3) is 0.692. The Morgan fingerprint density at radius 1 is 1.44 bits per heavy atom. The smallest absolute Gasteiger partial charge is 0.252 e. The van der Waals surface area contributed by atoms with E-state index in [1.54, 1.807) is 11.8 Å². The Labute approximate surface area is 164 Å². The zero-order valence-corrected chi connectivity index (χ0v) is 18.2. The number of likely N-dealkylation sites (N-methyl/N-ethyl adjacent to an activating group) is 1. The van der Waals surface area contributed by atoms with Crippen molar-refractivity contribution in [1.29, 1.82) is 0 Å². The highest BCUT2D eigenvalue weighted by molar-refractivity contribution is 7.99. The van der Waals surface area contributed by atoms with Gasteiger partial charge in [-0.3, -0.25) is 0 Å². The van der Waals surface area contributed by atoms with Crippen LogP contribution in [-0.4, -0.2) is 52.3 Å². The van der Waals surface area contributed by atoms with Crippen molar-refractivity contribution in [3.05, 3.63) is 11.6 Å². The van der Waals surface area contributed by atoms with Gasteiger partial charge in [0.15, 0.2) is 0 Å². The van der Waals surface area contributed by atoms with Crippen molar-refractivity contribution in [2.75, 3.05) is 31.1 Å². The van der Waals surface area contributed by atoms with Gasteiger partial charge in [0.2, 0.25) is 10.0 Å². The molecular weight excluding hydrogens is 426 g/mol. The summed E-state index contributed by atoms with van der Waals surface area (Å²) in [6, 6.07) is 1.17. The van der Waals surface area contributed by atoms with Gasteiger partial charge in [0.05, 0.1) is 0 Å². The van der Waals surface area contributed by atoms with Crippen LogP contribution >= 0.6 is 35.5 Å². The second kappa shape index (κ2) is 9.36. The minimum atomic E-state index is -3.92. The number of hydrogen-bond donors (Lipinski definition) is 2. The van der Waals surface area contributed by atoms with E-state index in [0.717, 1.165) is 29.3 Å². The van der Waals surface area contributed by atoms with E-state index >= 15 is 0 Å². The third-order valence-corrected chi connectivity index (χ3v) is 9.62. The van der Waals surface area contributed by atoms with Crippen LogP contribution < -0.4 is 10.5 Å². The van der Waals surface area contributed by atoms with Crippen LogP contribution in [0.4, 0.5) is 0 Å². The van der Waals surface area contributed by atoms with Gasteiger partial charge in [-0.25, -0.2) is 22.0 Å². The lowest BCUT2D eigenvalue weighted by atomic mass is 10.1. The Kier molecular flexibility index (Phi) is 8.67. The summed E-state index contributed by atoms with van der Waals surface area (Å²) in [7, 11) is -7.60. The summed E-state index contributed by atoms with van der Waals surface area (Å²) in [5.41, 5.74) is 0.505. The third-order valence-electron chi connectivity index (χ3n) is 3.67. The van der Waals surface area contributed by atoms with E-state index in [1.807, 2.05) is 6.92 Å². The van der Waals surface area contributed by atoms with Crippen LogP contribution in [0.5, 0.6) is 0 Å². The van der Waals surface area contributed by atoms with Crippen molar-refractivity contribution in [2.45, 2.75) is 34.7 Å². The molecule has 0 aromatic carbocycles. The molecule has 0 aliphatic carbocycles. The number of nitrogens with two attached hydrogens (primary N) is 1. The van der Waals surface area contributed by atoms with E-state index in [0.29, 0.717) is 25.2 Å². The fourth-order valence-electron chi connectivity index (χ4n) is 2.59. The van der Waals surface area contributed by atoms with Crippen molar-refractivity contribution >= 4 is 55.6 Å². The molecule has 1 atom stereocenters. The zero-order chi connectivity index (χ0) is 18.0. The summed E-state index contributed by atoms with van der Waals surface area (Å²) in [5, 5.41) is 8.41. The van der Waals surface area contributed by atoms with Gasteiger partial charge in [0, 0.05) is 24.7 Å². The molecule has 0 radical (unpaired) electrons. The maximum absolute atomic E-state index is 12.8. The number of primary sulfonamides is 1. The SMILES string of the molecule is CCNC1CN(CCCSCC)S(=O)(=O)c2sc(S(N)(=O)=O)cc21.Cl. The van der Waals surface area contributed by atoms with Crippen LogP contribution in [0.2, 0.25) is 0 Å². The predicted octanol–water partition coefficient (Wildman–Crippen LogP) is 1.62. The van der Waals surface area contributed by atoms with Gasteiger partial charge in [-0.15, -0.1) is 23.7 Å². The molecule has 0 saturated heterocycles. The van der Waals surface area contributed by atoms with Crippen molar-refractivity contribution in [3.8, 4) is 0 Å². The molecule has 1 aromatic rings. The number of thioether (sulfide) groups is 1. The summed E-state index contributed by atoms with van der Waals surface area (Å²) >= 11 is 2.51. The average Bonchev–Trinajstić information content (AvgIpc) is 2.95. The van der Waals surface area contributed by atoms with E-state index in [-0.39, 0.29) is 26.9 Å². The largest absolute Gasteiger partial charge is 0.309 e. The van der Waals surface area contributed by atoms with Gasteiger partial charge in [0.25, 0.3) is 10.0 Å². The molecule has 2 rings (SSSR count). The lowest BCUT2D eigenvalue weighted by Crippen LogP contribution is -2.43. The number of nitrogens with zero attached hydrogens (tertiary/aromatic N) is 1. The molecule has 2 heterocycles. The van der Waals surface area contributed by atoms with E-state index in [4.69, 9.17) is 5.14 Å². The van der Waals surface area contributed by atoms with Crippen LogP contribution in [0.25, 0.3) is 0 Å². The van der Waals surface area contributed by atoms with Crippen LogP contribution in [0.1, 0.15) is 31.9 Å². The molecule has 1 aromatic heterocycles. The molecule has 0 amide bonds. The normalized spacial score (nSPS) is 20.0. The molecule has 25 heavy (non-hydrogen) atoms. The number of nitrogens with one attached hydrogen (secondary N) is 1. The number of thiophene rings is 1. The Morgan fingerprint density at radius 2 is 2.12 bits per heavy atom. The average molecular weight is 450 g/mol. The topological polar surface area (TPSA) is 110 Å². The van der Waals surface area contributed by atoms with Gasteiger partial charge in [-0.05, 0) is 30.5 Å². The first-order valence-electron chi connectivity index (χ1n) is 7.69. The second-order valence-corrected chi connectivity index (χ2v) is 11.7. The summed E-state index contributed by atoms with van der Waals surface area (Å²) in [4.78, 5) is 0. The molecular formula is C13H24ClN3O4S4. The monoisotopic (exact) mass is 449 g/mol. The van der Waals surface area contributed by atoms with Crippen LogP contribution in [0.3, 0.4) is 0 Å². The predicted molar refractivity (Wildman–Crippen MR) is 106 cm³/mol. The van der Waals surface area contributed by atoms with E-state index in [9.17, 15) is 16.8 Å². The maximum atomic E-state index is 12.8. The molecule has 0 saturated carbocycles. The molecule has 12 heteroatoms. The van der Waals surface area contributed by atoms with Crippen molar-refractivity contribution < 1.29 is 16.8 Å². The molecule has 146 valence electrons. The van der Waals surface area contributed by atoms with Crippen LogP contribution in [0, 0.1) is 0 Å². The zero-order valence-electron chi connectivity index (χ0n) is 14.1. The molecule has 1 unspecified atom stereocenters. The molecule has 7 nitrogen and oxygen atoms in total. The number of rotatable bonds is 8. The van der Waals surface area contributed by atoms with Gasteiger partial charge >= 0.3 is 0 Å². The summed E-state index contributed by atoms with van der Waals surface area (Å²) < 4.78 is 50.3. The Bertz CT molecular complexity index is 779. The van der Waals surface area contributed by atoms with Crippen molar-refractivity contribution in [2.24, 2.45) is 5.14 Å². The highest BCUT2D eigenvalue weighted by Crippen LogP contribution is 2.39. The van der Waals surface area contributed by atoms with Crippen molar-refractivity contribution in [1.82, 2.24) is 9.62 Å². The van der Waals surface area contributed by atoms with Gasteiger partial charge < -0.3 is 5.32 Å². The quantitative estimate of drug-likeness (QED) is 0.583. The number of fused-ring (bicyclic) bond motifs is 1. The summed E-state index contributed by atoms with van der Waals surface area (Å²) in [6.45, 7) is 5.39. The molecule has 0 bridgehead atoms. The molecule has 1 aliphatic rings. The summed E-state index contributed by atoms with van der Waals surface area (Å²) in [6.07, 6.45) is 0.763. The highest BCUT2D eigenvalue weighted by atomic mass is 35.5. The molecule has 0 fully saturated rings. The first-order chi connectivity index (χ1) is 11.2. The third kappa shape index (κ3) is 5.32. The first-order valence-corrected chi connectivity index (χ1v) is 12.6. The van der Waals surface area contributed by atoms with Crippen molar-refractivity contribution in [3.63, 3.8) is 0 Å². The van der Waals surface area contributed by atoms with Crippen LogP contribution in [-0.2, 0) is 20.0 Å². The lowest BCUT2D eigenvalue weighted by Gasteiger charge is -2.32. The van der Waals surface area contributed by atoms with E-state index in [2.05, 4.69) is 12.2 Å². The van der Waals surface area contributed by atoms with E-state index in [1.165, 1.54) is 10.4 Å². The second-order valence-electron chi connectivity index (χ2n) is 5.38. The van der Waals surface area contributed by atoms with Gasteiger partial charge in [0.1, 0.15) is 8.42 Å². The first kappa shape index (κ1) is 23.2. The number of halogens is 1. The van der Waals surface area contributed by atoms with E-state index < -0.39 is 20.0 Å². The minimum Gasteiger partial charge on any atom is -0.309 e. The fourth-order valence-corrected chi connectivity index (χ4v) is 7.52.